The van der Waals surface area contributed by atoms with Gasteiger partial charge in [0, 0.05) is 0 Å². The van der Waals surface area contributed by atoms with Crippen molar-refractivity contribution in [2.45, 2.75) is 0 Å². The third-order valence-electron chi connectivity index (χ3n) is 2.08. The maximum Gasteiger partial charge on any atom is 0.264 e. The summed E-state index contributed by atoms with van der Waals surface area (Å²) in [6, 6.07) is 8.56. The number of nitrogens with one attached hydrogen (secondary N) is 1. The molecule has 0 fully saturated rings. The second-order valence-corrected chi connectivity index (χ2v) is 5.85. The molecule has 7 heteroatoms. The number of anilines is 1. The van der Waals surface area contributed by atoms with E-state index in [1.54, 1.807) is 30.5 Å². The fraction of sp³-hybridized carbons (Fsp3) is 0.0833. The molecule has 5 nitrogen and oxygen atoms in total. The molecule has 0 saturated heterocycles. The number of hydrogen-bond donors (Lipinski definition) is 1. The van der Waals surface area contributed by atoms with Crippen LogP contribution in [-0.4, -0.2) is 17.5 Å². The summed E-state index contributed by atoms with van der Waals surface area (Å²) < 4.78 is 6.13. The van der Waals surface area contributed by atoms with Crippen molar-refractivity contribution < 1.29 is 9.53 Å². The summed E-state index contributed by atoms with van der Waals surface area (Å²) in [6.45, 7) is -0.108. The molecule has 0 saturated carbocycles. The molecule has 0 radical (unpaired) electrons. The number of nitriles is 1. The summed E-state index contributed by atoms with van der Waals surface area (Å²) in [5, 5.41) is 11.8. The van der Waals surface area contributed by atoms with Crippen LogP contribution in [0.1, 0.15) is 5.56 Å². The number of carbonyl (C=O) groups excluding carboxylic acids is 1. The molecule has 0 atom stereocenters. The van der Waals surface area contributed by atoms with Crippen molar-refractivity contribution in [2.75, 3.05) is 11.9 Å². The Bertz CT molecular complexity index is 619. The second kappa shape index (κ2) is 6.31. The van der Waals surface area contributed by atoms with Gasteiger partial charge in [-0.25, -0.2) is 4.98 Å². The van der Waals surface area contributed by atoms with Crippen molar-refractivity contribution in [1.29, 1.82) is 5.26 Å². The number of aromatic nitrogens is 1. The molecule has 96 valence electrons. The van der Waals surface area contributed by atoms with Crippen LogP contribution >= 0.6 is 27.3 Å². The third kappa shape index (κ3) is 4.05. The first-order valence-electron chi connectivity index (χ1n) is 5.21. The van der Waals surface area contributed by atoms with E-state index in [0.29, 0.717) is 16.4 Å². The summed E-state index contributed by atoms with van der Waals surface area (Å²) in [4.78, 5) is 15.6. The second-order valence-electron chi connectivity index (χ2n) is 3.44. The first-order chi connectivity index (χ1) is 9.17. The monoisotopic (exact) mass is 337 g/mol. The van der Waals surface area contributed by atoms with Crippen LogP contribution in [0.2, 0.25) is 0 Å². The summed E-state index contributed by atoms with van der Waals surface area (Å²) in [7, 11) is 0. The van der Waals surface area contributed by atoms with Crippen molar-refractivity contribution in [3.63, 3.8) is 0 Å². The lowest BCUT2D eigenvalue weighted by Gasteiger charge is -2.05. The summed E-state index contributed by atoms with van der Waals surface area (Å²) in [6.07, 6.45) is 1.61. The number of rotatable bonds is 4. The van der Waals surface area contributed by atoms with Crippen molar-refractivity contribution in [2.24, 2.45) is 0 Å². The molecule has 1 heterocycles. The first-order valence-corrected chi connectivity index (χ1v) is 6.82. The van der Waals surface area contributed by atoms with Crippen LogP contribution in [0.25, 0.3) is 0 Å². The van der Waals surface area contributed by atoms with Crippen molar-refractivity contribution in [3.8, 4) is 11.8 Å². The van der Waals surface area contributed by atoms with Gasteiger partial charge in [0.1, 0.15) is 5.75 Å². The number of hydrogen-bond acceptors (Lipinski definition) is 5. The Balaban J connectivity index is 1.84. The highest BCUT2D eigenvalue weighted by molar-refractivity contribution is 9.11. The third-order valence-corrected chi connectivity index (χ3v) is 3.47. The number of amides is 1. The maximum atomic E-state index is 11.6. The average Bonchev–Trinajstić information content (AvgIpc) is 2.82. The van der Waals surface area contributed by atoms with E-state index in [4.69, 9.17) is 10.00 Å². The van der Waals surface area contributed by atoms with Gasteiger partial charge in [-0.1, -0.05) is 11.3 Å². The fourth-order valence-corrected chi connectivity index (χ4v) is 2.36. The minimum atomic E-state index is -0.286. The fourth-order valence-electron chi connectivity index (χ4n) is 1.24. The lowest BCUT2D eigenvalue weighted by molar-refractivity contribution is -0.118. The molecular formula is C12H8BrN3O2S. The van der Waals surface area contributed by atoms with E-state index < -0.39 is 0 Å². The minimum absolute atomic E-state index is 0.108. The highest BCUT2D eigenvalue weighted by Crippen LogP contribution is 2.22. The Morgan fingerprint density at radius 1 is 1.47 bits per heavy atom. The number of thiazole rings is 1. The number of nitrogens with zero attached hydrogens (tertiary/aromatic N) is 2. The van der Waals surface area contributed by atoms with E-state index in [-0.39, 0.29) is 12.5 Å². The number of ether oxygens (including phenoxy) is 1. The summed E-state index contributed by atoms with van der Waals surface area (Å²) >= 11 is 4.58. The highest BCUT2D eigenvalue weighted by atomic mass is 79.9. The maximum absolute atomic E-state index is 11.6. The molecule has 1 N–H and O–H groups in total. The zero-order valence-electron chi connectivity index (χ0n) is 9.59. The van der Waals surface area contributed by atoms with E-state index in [9.17, 15) is 4.79 Å². The van der Waals surface area contributed by atoms with Crippen LogP contribution in [-0.2, 0) is 4.79 Å². The van der Waals surface area contributed by atoms with Crippen molar-refractivity contribution in [3.05, 3.63) is 39.8 Å². The Labute approximate surface area is 122 Å². The van der Waals surface area contributed by atoms with Gasteiger partial charge in [-0.2, -0.15) is 5.26 Å². The van der Waals surface area contributed by atoms with E-state index in [1.807, 2.05) is 6.07 Å². The predicted octanol–water partition coefficient (Wildman–Crippen LogP) is 2.79. The molecule has 0 aliphatic rings. The first kappa shape index (κ1) is 13.5. The molecule has 1 amide bonds. The highest BCUT2D eigenvalue weighted by Gasteiger charge is 2.06. The van der Waals surface area contributed by atoms with E-state index >= 15 is 0 Å². The van der Waals surface area contributed by atoms with Crippen LogP contribution < -0.4 is 10.1 Å². The van der Waals surface area contributed by atoms with Gasteiger partial charge in [0.2, 0.25) is 0 Å². The number of halogens is 1. The van der Waals surface area contributed by atoms with Crippen LogP contribution in [0.4, 0.5) is 5.13 Å². The van der Waals surface area contributed by atoms with Crippen LogP contribution in [0.3, 0.4) is 0 Å². The van der Waals surface area contributed by atoms with Gasteiger partial charge >= 0.3 is 0 Å². The minimum Gasteiger partial charge on any atom is -0.484 e. The number of carbonyl (C=O) groups is 1. The molecule has 0 spiro atoms. The van der Waals surface area contributed by atoms with E-state index in [2.05, 4.69) is 26.2 Å². The molecule has 2 rings (SSSR count). The Morgan fingerprint density at radius 3 is 2.79 bits per heavy atom. The molecule has 2 aromatic rings. The standard InChI is InChI=1S/C12H8BrN3O2S/c13-10-6-15-12(19-10)16-11(17)7-18-9-3-1-8(5-14)2-4-9/h1-4,6H,7H2,(H,15,16,17). The van der Waals surface area contributed by atoms with E-state index in [1.165, 1.54) is 11.3 Å². The molecule has 19 heavy (non-hydrogen) atoms. The average molecular weight is 338 g/mol. The topological polar surface area (TPSA) is 75.0 Å². The molecule has 0 aliphatic heterocycles. The van der Waals surface area contributed by atoms with Crippen LogP contribution in [0.15, 0.2) is 34.2 Å². The lowest BCUT2D eigenvalue weighted by Crippen LogP contribution is -2.19. The van der Waals surface area contributed by atoms with Gasteiger partial charge in [0.05, 0.1) is 21.6 Å². The lowest BCUT2D eigenvalue weighted by atomic mass is 10.2. The van der Waals surface area contributed by atoms with Gasteiger partial charge in [0.25, 0.3) is 5.91 Å². The SMILES string of the molecule is N#Cc1ccc(OCC(=O)Nc2ncc(Br)s2)cc1. The van der Waals surface area contributed by atoms with E-state index in [0.717, 1.165) is 3.79 Å². The van der Waals surface area contributed by atoms with Gasteiger partial charge in [-0.3, -0.25) is 10.1 Å². The van der Waals surface area contributed by atoms with Crippen molar-refractivity contribution in [1.82, 2.24) is 4.98 Å². The summed E-state index contributed by atoms with van der Waals surface area (Å²) in [5.41, 5.74) is 0.546. The Kier molecular flexibility index (Phi) is 4.49. The van der Waals surface area contributed by atoms with Crippen LogP contribution in [0.5, 0.6) is 5.75 Å². The Morgan fingerprint density at radius 2 is 2.21 bits per heavy atom. The summed E-state index contributed by atoms with van der Waals surface area (Å²) in [5.74, 6) is 0.251. The zero-order valence-corrected chi connectivity index (χ0v) is 12.0. The molecule has 1 aromatic carbocycles. The largest absolute Gasteiger partial charge is 0.484 e. The molecule has 0 bridgehead atoms. The zero-order chi connectivity index (χ0) is 13.7. The quantitative estimate of drug-likeness (QED) is 0.930. The molecule has 1 aromatic heterocycles. The molecule has 0 aliphatic carbocycles. The Hall–Kier alpha value is -1.91. The predicted molar refractivity (Wildman–Crippen MR) is 75.1 cm³/mol. The number of benzene rings is 1. The normalized spacial score (nSPS) is 9.68. The smallest absolute Gasteiger partial charge is 0.264 e. The molecule has 0 unspecified atom stereocenters. The van der Waals surface area contributed by atoms with Gasteiger partial charge in [-0.05, 0) is 40.2 Å². The van der Waals surface area contributed by atoms with Gasteiger partial charge in [0.15, 0.2) is 11.7 Å². The van der Waals surface area contributed by atoms with Gasteiger partial charge < -0.3 is 4.74 Å². The van der Waals surface area contributed by atoms with Gasteiger partial charge in [-0.15, -0.1) is 0 Å². The van der Waals surface area contributed by atoms with Crippen LogP contribution in [0, 0.1) is 11.3 Å². The van der Waals surface area contributed by atoms with Crippen molar-refractivity contribution >= 4 is 38.3 Å². The molecular weight excluding hydrogens is 330 g/mol.